The number of amidine groups is 1. The van der Waals surface area contributed by atoms with E-state index in [1.807, 2.05) is 0 Å². The maximum Gasteiger partial charge on any atom is 0.397 e. The predicted octanol–water partition coefficient (Wildman–Crippen LogP) is 0.780. The van der Waals surface area contributed by atoms with Crippen LogP contribution in [0.4, 0.5) is 13.2 Å². The van der Waals surface area contributed by atoms with Gasteiger partial charge in [0, 0.05) is 19.5 Å². The zero-order chi connectivity index (χ0) is 12.9. The third kappa shape index (κ3) is 5.42. The van der Waals surface area contributed by atoms with Gasteiger partial charge in [-0.3, -0.25) is 4.79 Å². The van der Waals surface area contributed by atoms with Gasteiger partial charge in [0.05, 0.1) is 0 Å². The van der Waals surface area contributed by atoms with E-state index in [0.717, 1.165) is 4.90 Å². The highest BCUT2D eigenvalue weighted by Crippen LogP contribution is 2.20. The van der Waals surface area contributed by atoms with Crippen molar-refractivity contribution >= 4 is 11.7 Å². The van der Waals surface area contributed by atoms with E-state index in [-0.39, 0.29) is 12.4 Å². The molecule has 0 spiro atoms. The molecule has 8 heteroatoms. The quantitative estimate of drug-likeness (QED) is 0.330. The standard InChI is InChI=1S/C8H14F3N3O2/c1-5(7(12)13-16)4-14(2)6(15)3-8(9,10)11/h5,16H,3-4H2,1-2H3,(H2,12,13). The zero-order valence-corrected chi connectivity index (χ0v) is 8.95. The van der Waals surface area contributed by atoms with Gasteiger partial charge in [0.1, 0.15) is 12.3 Å². The molecule has 0 radical (unpaired) electrons. The molecule has 0 heterocycles. The first-order valence-corrected chi connectivity index (χ1v) is 4.45. The maximum absolute atomic E-state index is 11.9. The molecular formula is C8H14F3N3O2. The van der Waals surface area contributed by atoms with E-state index in [9.17, 15) is 18.0 Å². The van der Waals surface area contributed by atoms with Crippen LogP contribution in [-0.2, 0) is 4.79 Å². The average Bonchev–Trinajstić information content (AvgIpc) is 2.13. The van der Waals surface area contributed by atoms with Crippen molar-refractivity contribution in [3.05, 3.63) is 0 Å². The molecule has 3 N–H and O–H groups in total. The first-order chi connectivity index (χ1) is 7.17. The highest BCUT2D eigenvalue weighted by atomic mass is 19.4. The van der Waals surface area contributed by atoms with Crippen molar-refractivity contribution in [3.8, 4) is 0 Å². The second kappa shape index (κ2) is 5.57. The Morgan fingerprint density at radius 1 is 1.56 bits per heavy atom. The summed E-state index contributed by atoms with van der Waals surface area (Å²) >= 11 is 0. The van der Waals surface area contributed by atoms with Crippen molar-refractivity contribution in [3.63, 3.8) is 0 Å². The minimum atomic E-state index is -4.52. The van der Waals surface area contributed by atoms with Crippen LogP contribution in [-0.4, -0.2) is 41.6 Å². The van der Waals surface area contributed by atoms with Gasteiger partial charge < -0.3 is 15.8 Å². The van der Waals surface area contributed by atoms with E-state index in [1.165, 1.54) is 14.0 Å². The first-order valence-electron chi connectivity index (χ1n) is 4.45. The van der Waals surface area contributed by atoms with Crippen LogP contribution < -0.4 is 5.73 Å². The van der Waals surface area contributed by atoms with Crippen LogP contribution in [0.5, 0.6) is 0 Å². The number of hydrogen-bond acceptors (Lipinski definition) is 3. The SMILES string of the molecule is CC(CN(C)C(=O)CC(F)(F)F)C(N)=NO. The van der Waals surface area contributed by atoms with Crippen molar-refractivity contribution < 1.29 is 23.2 Å². The fourth-order valence-corrected chi connectivity index (χ4v) is 1.01. The lowest BCUT2D eigenvalue weighted by atomic mass is 10.1. The van der Waals surface area contributed by atoms with Crippen molar-refractivity contribution in [2.24, 2.45) is 16.8 Å². The van der Waals surface area contributed by atoms with Gasteiger partial charge in [-0.15, -0.1) is 0 Å². The Balaban J connectivity index is 4.26. The lowest BCUT2D eigenvalue weighted by Gasteiger charge is -2.21. The van der Waals surface area contributed by atoms with E-state index >= 15 is 0 Å². The van der Waals surface area contributed by atoms with Gasteiger partial charge >= 0.3 is 6.18 Å². The molecule has 0 saturated carbocycles. The molecule has 0 aromatic carbocycles. The lowest BCUT2D eigenvalue weighted by Crippen LogP contribution is -2.37. The Morgan fingerprint density at radius 2 is 2.06 bits per heavy atom. The molecule has 0 aliphatic heterocycles. The van der Waals surface area contributed by atoms with E-state index < -0.39 is 24.4 Å². The summed E-state index contributed by atoms with van der Waals surface area (Å²) in [6, 6.07) is 0. The summed E-state index contributed by atoms with van der Waals surface area (Å²) in [4.78, 5) is 12.0. The van der Waals surface area contributed by atoms with Gasteiger partial charge in [-0.2, -0.15) is 13.2 Å². The Morgan fingerprint density at radius 3 is 2.44 bits per heavy atom. The van der Waals surface area contributed by atoms with Gasteiger partial charge in [-0.25, -0.2) is 0 Å². The summed E-state index contributed by atoms with van der Waals surface area (Å²) in [5, 5.41) is 11.0. The summed E-state index contributed by atoms with van der Waals surface area (Å²) in [5.41, 5.74) is 5.23. The van der Waals surface area contributed by atoms with Crippen LogP contribution in [0.15, 0.2) is 5.16 Å². The van der Waals surface area contributed by atoms with Gasteiger partial charge in [-0.1, -0.05) is 12.1 Å². The number of hydrogen-bond donors (Lipinski definition) is 2. The van der Waals surface area contributed by atoms with Gasteiger partial charge in [0.15, 0.2) is 0 Å². The van der Waals surface area contributed by atoms with Crippen LogP contribution in [0.2, 0.25) is 0 Å². The average molecular weight is 241 g/mol. The Hall–Kier alpha value is -1.47. The summed E-state index contributed by atoms with van der Waals surface area (Å²) in [5.74, 6) is -1.69. The van der Waals surface area contributed by atoms with E-state index in [0.29, 0.717) is 0 Å². The maximum atomic E-state index is 11.9. The highest BCUT2D eigenvalue weighted by Gasteiger charge is 2.33. The minimum Gasteiger partial charge on any atom is -0.409 e. The third-order valence-corrected chi connectivity index (χ3v) is 1.95. The Labute approximate surface area is 90.7 Å². The van der Waals surface area contributed by atoms with Crippen LogP contribution in [0, 0.1) is 5.92 Å². The molecule has 0 fully saturated rings. The van der Waals surface area contributed by atoms with Gasteiger partial charge in [0.25, 0.3) is 0 Å². The number of rotatable bonds is 4. The second-order valence-corrected chi connectivity index (χ2v) is 3.49. The van der Waals surface area contributed by atoms with Gasteiger partial charge in [0.2, 0.25) is 5.91 Å². The van der Waals surface area contributed by atoms with E-state index in [4.69, 9.17) is 10.9 Å². The van der Waals surface area contributed by atoms with E-state index in [2.05, 4.69) is 5.16 Å². The van der Waals surface area contributed by atoms with Crippen molar-refractivity contribution in [1.82, 2.24) is 4.90 Å². The number of oxime groups is 1. The summed E-state index contributed by atoms with van der Waals surface area (Å²) in [6.07, 6.45) is -6.03. The predicted molar refractivity (Wildman–Crippen MR) is 50.9 cm³/mol. The van der Waals surface area contributed by atoms with E-state index in [1.54, 1.807) is 0 Å². The molecular weight excluding hydrogens is 227 g/mol. The topological polar surface area (TPSA) is 78.9 Å². The van der Waals surface area contributed by atoms with Crippen molar-refractivity contribution in [1.29, 1.82) is 0 Å². The normalized spacial score (nSPS) is 14.7. The molecule has 0 saturated heterocycles. The Bertz CT molecular complexity index is 278. The van der Waals surface area contributed by atoms with Crippen LogP contribution >= 0.6 is 0 Å². The minimum absolute atomic E-state index is 0.0369. The largest absolute Gasteiger partial charge is 0.409 e. The fraction of sp³-hybridized carbons (Fsp3) is 0.750. The lowest BCUT2D eigenvalue weighted by molar-refractivity contribution is -0.160. The molecule has 0 rings (SSSR count). The molecule has 0 aromatic heterocycles. The number of nitrogens with zero attached hydrogens (tertiary/aromatic N) is 2. The molecule has 0 aliphatic rings. The van der Waals surface area contributed by atoms with Gasteiger partial charge in [-0.05, 0) is 0 Å². The third-order valence-electron chi connectivity index (χ3n) is 1.95. The molecule has 16 heavy (non-hydrogen) atoms. The highest BCUT2D eigenvalue weighted by molar-refractivity contribution is 5.83. The number of alkyl halides is 3. The molecule has 0 aliphatic carbocycles. The number of carbonyl (C=O) groups excluding carboxylic acids is 1. The summed E-state index contributed by atoms with van der Waals surface area (Å²) < 4.78 is 35.7. The van der Waals surface area contributed by atoms with Crippen LogP contribution in [0.1, 0.15) is 13.3 Å². The second-order valence-electron chi connectivity index (χ2n) is 3.49. The molecule has 1 atom stereocenters. The Kier molecular flexibility index (Phi) is 5.06. The number of halogens is 3. The van der Waals surface area contributed by atoms with Crippen molar-refractivity contribution in [2.75, 3.05) is 13.6 Å². The number of amides is 1. The summed E-state index contributed by atoms with van der Waals surface area (Å²) in [6.45, 7) is 1.50. The van der Waals surface area contributed by atoms with Crippen LogP contribution in [0.3, 0.4) is 0 Å². The molecule has 94 valence electrons. The smallest absolute Gasteiger partial charge is 0.397 e. The molecule has 0 bridgehead atoms. The first kappa shape index (κ1) is 14.5. The number of carbonyl (C=O) groups is 1. The molecule has 1 amide bonds. The molecule has 1 unspecified atom stereocenters. The van der Waals surface area contributed by atoms with Crippen molar-refractivity contribution in [2.45, 2.75) is 19.5 Å². The molecule has 5 nitrogen and oxygen atoms in total. The zero-order valence-electron chi connectivity index (χ0n) is 8.95. The van der Waals surface area contributed by atoms with Crippen LogP contribution in [0.25, 0.3) is 0 Å². The monoisotopic (exact) mass is 241 g/mol. The fourth-order valence-electron chi connectivity index (χ4n) is 1.01. The molecule has 0 aromatic rings. The summed E-state index contributed by atoms with van der Waals surface area (Å²) in [7, 11) is 1.23. The number of nitrogens with two attached hydrogens (primary N) is 1.